The van der Waals surface area contributed by atoms with E-state index in [1.807, 2.05) is 0 Å². The first-order valence-corrected chi connectivity index (χ1v) is 9.93. The van der Waals surface area contributed by atoms with Crippen LogP contribution in [0.5, 0.6) is 0 Å². The number of esters is 1. The summed E-state index contributed by atoms with van der Waals surface area (Å²) in [6.45, 7) is 11.7. The lowest BCUT2D eigenvalue weighted by atomic mass is 9.99. The van der Waals surface area contributed by atoms with Gasteiger partial charge in [-0.3, -0.25) is 9.59 Å². The molecule has 2 rings (SSSR count). The van der Waals surface area contributed by atoms with Crippen molar-refractivity contribution in [1.29, 1.82) is 0 Å². The SMILES string of the molecule is CCOC(=O)c1[nH]c(C)c(C(=O)[C@@H](C)N(CCC(C)C)C(=O)c2ccco2)c1C. The van der Waals surface area contributed by atoms with Crippen LogP contribution < -0.4 is 0 Å². The molecule has 1 atom stereocenters. The summed E-state index contributed by atoms with van der Waals surface area (Å²) in [5.74, 6) is -0.481. The van der Waals surface area contributed by atoms with Crippen LogP contribution in [0.1, 0.15) is 76.8 Å². The van der Waals surface area contributed by atoms with Crippen LogP contribution in [0.15, 0.2) is 22.8 Å². The average Bonchev–Trinajstić information content (AvgIpc) is 3.29. The highest BCUT2D eigenvalue weighted by atomic mass is 16.5. The molecular formula is C22H30N2O5. The highest BCUT2D eigenvalue weighted by molar-refractivity contribution is 6.07. The molecule has 7 nitrogen and oxygen atoms in total. The Labute approximate surface area is 171 Å². The number of aromatic amines is 1. The lowest BCUT2D eigenvalue weighted by Gasteiger charge is -2.28. The van der Waals surface area contributed by atoms with Gasteiger partial charge in [0.05, 0.1) is 18.9 Å². The molecule has 1 N–H and O–H groups in total. The van der Waals surface area contributed by atoms with Gasteiger partial charge in [-0.1, -0.05) is 13.8 Å². The number of furan rings is 1. The number of nitrogens with one attached hydrogen (secondary N) is 1. The van der Waals surface area contributed by atoms with Crippen molar-refractivity contribution in [2.45, 2.75) is 54.0 Å². The molecule has 0 aromatic carbocycles. The maximum absolute atomic E-state index is 13.3. The number of ether oxygens (including phenoxy) is 1. The van der Waals surface area contributed by atoms with E-state index >= 15 is 0 Å². The highest BCUT2D eigenvalue weighted by Gasteiger charge is 2.32. The number of H-pyrrole nitrogens is 1. The fourth-order valence-electron chi connectivity index (χ4n) is 3.29. The minimum Gasteiger partial charge on any atom is -0.461 e. The van der Waals surface area contributed by atoms with Gasteiger partial charge in [0.1, 0.15) is 5.69 Å². The zero-order valence-corrected chi connectivity index (χ0v) is 18.0. The Balaban J connectivity index is 2.35. The van der Waals surface area contributed by atoms with Gasteiger partial charge in [-0.15, -0.1) is 0 Å². The van der Waals surface area contributed by atoms with Gasteiger partial charge in [-0.2, -0.15) is 0 Å². The molecule has 0 saturated heterocycles. The van der Waals surface area contributed by atoms with E-state index in [4.69, 9.17) is 9.15 Å². The third-order valence-corrected chi connectivity index (χ3v) is 4.95. The number of aromatic nitrogens is 1. The minimum atomic E-state index is -0.713. The van der Waals surface area contributed by atoms with Crippen LogP contribution in [-0.2, 0) is 4.74 Å². The summed E-state index contributed by atoms with van der Waals surface area (Å²) in [5, 5.41) is 0. The van der Waals surface area contributed by atoms with Crippen LogP contribution >= 0.6 is 0 Å². The molecule has 2 aromatic rings. The van der Waals surface area contributed by atoms with E-state index < -0.39 is 12.0 Å². The maximum Gasteiger partial charge on any atom is 0.355 e. The van der Waals surface area contributed by atoms with Gasteiger partial charge in [0.2, 0.25) is 0 Å². The molecule has 0 unspecified atom stereocenters. The van der Waals surface area contributed by atoms with Gasteiger partial charge < -0.3 is 19.0 Å². The third-order valence-electron chi connectivity index (χ3n) is 4.95. The van der Waals surface area contributed by atoms with Crippen molar-refractivity contribution in [2.24, 2.45) is 5.92 Å². The average molecular weight is 402 g/mol. The zero-order chi connectivity index (χ0) is 21.7. The van der Waals surface area contributed by atoms with Crippen molar-refractivity contribution >= 4 is 17.7 Å². The van der Waals surface area contributed by atoms with Crippen molar-refractivity contribution < 1.29 is 23.5 Å². The normalized spacial score (nSPS) is 12.1. The summed E-state index contributed by atoms with van der Waals surface area (Å²) < 4.78 is 10.3. The highest BCUT2D eigenvalue weighted by Crippen LogP contribution is 2.23. The Morgan fingerprint density at radius 1 is 1.21 bits per heavy atom. The van der Waals surface area contributed by atoms with Crippen molar-refractivity contribution in [1.82, 2.24) is 9.88 Å². The fourth-order valence-corrected chi connectivity index (χ4v) is 3.29. The molecular weight excluding hydrogens is 372 g/mol. The number of aryl methyl sites for hydroxylation is 1. The molecule has 2 heterocycles. The van der Waals surface area contributed by atoms with Crippen molar-refractivity contribution in [2.75, 3.05) is 13.2 Å². The lowest BCUT2D eigenvalue weighted by Crippen LogP contribution is -2.44. The Morgan fingerprint density at radius 2 is 1.90 bits per heavy atom. The maximum atomic E-state index is 13.3. The first-order valence-electron chi connectivity index (χ1n) is 9.93. The molecule has 0 bridgehead atoms. The number of carbonyl (C=O) groups is 3. The summed E-state index contributed by atoms with van der Waals surface area (Å²) in [6.07, 6.45) is 2.19. The minimum absolute atomic E-state index is 0.197. The summed E-state index contributed by atoms with van der Waals surface area (Å²) in [4.78, 5) is 43.0. The smallest absolute Gasteiger partial charge is 0.355 e. The lowest BCUT2D eigenvalue weighted by molar-refractivity contribution is 0.0518. The van der Waals surface area contributed by atoms with E-state index in [9.17, 15) is 14.4 Å². The second-order valence-corrected chi connectivity index (χ2v) is 7.54. The fraction of sp³-hybridized carbons (Fsp3) is 0.500. The van der Waals surface area contributed by atoms with Crippen molar-refractivity contribution in [3.63, 3.8) is 0 Å². The molecule has 0 fully saturated rings. The molecule has 7 heteroatoms. The number of hydrogen-bond acceptors (Lipinski definition) is 5. The van der Waals surface area contributed by atoms with Crippen LogP contribution in [0.3, 0.4) is 0 Å². The van der Waals surface area contributed by atoms with E-state index in [2.05, 4.69) is 18.8 Å². The number of carbonyl (C=O) groups excluding carboxylic acids is 3. The van der Waals surface area contributed by atoms with Gasteiger partial charge in [0, 0.05) is 17.8 Å². The summed E-state index contributed by atoms with van der Waals surface area (Å²) in [5.41, 5.74) is 1.80. The number of ketones is 1. The molecule has 0 spiro atoms. The van der Waals surface area contributed by atoms with Crippen LogP contribution in [0.25, 0.3) is 0 Å². The third kappa shape index (κ3) is 4.96. The summed E-state index contributed by atoms with van der Waals surface area (Å²) in [7, 11) is 0. The Morgan fingerprint density at radius 3 is 2.45 bits per heavy atom. The van der Waals surface area contributed by atoms with Crippen LogP contribution in [0, 0.1) is 19.8 Å². The molecule has 29 heavy (non-hydrogen) atoms. The molecule has 0 aliphatic heterocycles. The predicted octanol–water partition coefficient (Wildman–Crippen LogP) is 4.16. The van der Waals surface area contributed by atoms with Gasteiger partial charge >= 0.3 is 5.97 Å². The van der Waals surface area contributed by atoms with Crippen LogP contribution in [-0.4, -0.2) is 46.7 Å². The van der Waals surface area contributed by atoms with Crippen LogP contribution in [0.2, 0.25) is 0 Å². The number of rotatable bonds is 9. The summed E-state index contributed by atoms with van der Waals surface area (Å²) >= 11 is 0. The largest absolute Gasteiger partial charge is 0.461 e. The quantitative estimate of drug-likeness (QED) is 0.502. The van der Waals surface area contributed by atoms with E-state index in [-0.39, 0.29) is 29.8 Å². The molecule has 158 valence electrons. The van der Waals surface area contributed by atoms with Crippen LogP contribution in [0.4, 0.5) is 0 Å². The van der Waals surface area contributed by atoms with E-state index in [1.54, 1.807) is 39.8 Å². The van der Waals surface area contributed by atoms with Crippen molar-refractivity contribution in [3.05, 3.63) is 46.7 Å². The van der Waals surface area contributed by atoms with Gasteiger partial charge in [-0.05, 0) is 57.7 Å². The first kappa shape index (κ1) is 22.5. The first-order chi connectivity index (χ1) is 13.7. The number of amides is 1. The second-order valence-electron chi connectivity index (χ2n) is 7.54. The monoisotopic (exact) mass is 402 g/mol. The molecule has 0 aliphatic rings. The number of nitrogens with zero attached hydrogens (tertiary/aromatic N) is 1. The second kappa shape index (κ2) is 9.58. The number of Topliss-reactive ketones (excluding diaryl/α,β-unsaturated/α-hetero) is 1. The van der Waals surface area contributed by atoms with E-state index in [0.717, 1.165) is 6.42 Å². The molecule has 0 radical (unpaired) electrons. The summed E-state index contributed by atoms with van der Waals surface area (Å²) in [6, 6.07) is 2.52. The van der Waals surface area contributed by atoms with Gasteiger partial charge in [0.25, 0.3) is 5.91 Å². The molecule has 0 saturated carbocycles. The van der Waals surface area contributed by atoms with Crippen molar-refractivity contribution in [3.8, 4) is 0 Å². The number of hydrogen-bond donors (Lipinski definition) is 1. The molecule has 2 aromatic heterocycles. The Kier molecular flexibility index (Phi) is 7.42. The van der Waals surface area contributed by atoms with E-state index in [1.165, 1.54) is 11.2 Å². The predicted molar refractivity (Wildman–Crippen MR) is 109 cm³/mol. The topological polar surface area (TPSA) is 92.6 Å². The van der Waals surface area contributed by atoms with Gasteiger partial charge in [0.15, 0.2) is 11.5 Å². The Hall–Kier alpha value is -2.83. The Bertz CT molecular complexity index is 864. The molecule has 1 amide bonds. The van der Waals surface area contributed by atoms with E-state index in [0.29, 0.717) is 29.3 Å². The zero-order valence-electron chi connectivity index (χ0n) is 18.0. The molecule has 0 aliphatic carbocycles. The standard InChI is InChI=1S/C22H30N2O5/c1-7-28-22(27)19-14(4)18(15(5)23-19)20(25)16(6)24(11-10-13(2)3)21(26)17-9-8-12-29-17/h8-9,12-13,16,23H,7,10-11H2,1-6H3/t16-/m1/s1. The van der Waals surface area contributed by atoms with Gasteiger partial charge in [-0.25, -0.2) is 4.79 Å².